The SMILES string of the molecule is Nc1cc2c(Nc3cccc(Br)c3)ncnc2cc1OCCOCCOCCOCCNc1ccc([N+](=O)[O-])c2nonc12. The number of nitrogens with one attached hydrogen (secondary N) is 2. The number of nitro benzene ring substituents is 1. The van der Waals surface area contributed by atoms with E-state index in [0.717, 1.165) is 15.5 Å². The van der Waals surface area contributed by atoms with Crippen LogP contribution in [-0.2, 0) is 14.2 Å². The van der Waals surface area contributed by atoms with Crippen molar-refractivity contribution in [1.29, 1.82) is 0 Å². The van der Waals surface area contributed by atoms with E-state index in [1.807, 2.05) is 24.3 Å². The number of fused-ring (bicyclic) bond motifs is 2. The fraction of sp³-hybridized carbons (Fsp3) is 0.286. The summed E-state index contributed by atoms with van der Waals surface area (Å²) in [6, 6.07) is 14.3. The molecule has 5 aromatic rings. The van der Waals surface area contributed by atoms with E-state index >= 15 is 0 Å². The van der Waals surface area contributed by atoms with Crippen molar-refractivity contribution in [3.05, 3.63) is 69.4 Å². The zero-order valence-electron chi connectivity index (χ0n) is 23.4. The Balaban J connectivity index is 0.936. The second-order valence-corrected chi connectivity index (χ2v) is 10.1. The van der Waals surface area contributed by atoms with E-state index in [4.69, 9.17) is 24.7 Å². The molecule has 5 rings (SSSR count). The van der Waals surface area contributed by atoms with Crippen LogP contribution in [0.4, 0.5) is 28.6 Å². The third-order valence-corrected chi connectivity index (χ3v) is 6.73. The Kier molecular flexibility index (Phi) is 10.6. The Morgan fingerprint density at radius 3 is 2.43 bits per heavy atom. The summed E-state index contributed by atoms with van der Waals surface area (Å²) in [5.41, 5.74) is 9.10. The number of anilines is 4. The molecular weight excluding hydrogens is 640 g/mol. The molecule has 44 heavy (non-hydrogen) atoms. The largest absolute Gasteiger partial charge is 0.489 e. The molecule has 230 valence electrons. The predicted molar refractivity (Wildman–Crippen MR) is 166 cm³/mol. The molecule has 0 amide bonds. The first-order chi connectivity index (χ1) is 21.5. The van der Waals surface area contributed by atoms with Crippen molar-refractivity contribution in [3.8, 4) is 5.75 Å². The third kappa shape index (κ3) is 8.04. The molecule has 0 radical (unpaired) electrons. The number of halogens is 1. The lowest BCUT2D eigenvalue weighted by Gasteiger charge is -2.13. The fourth-order valence-electron chi connectivity index (χ4n) is 4.18. The molecule has 15 nitrogen and oxygen atoms in total. The van der Waals surface area contributed by atoms with Gasteiger partial charge in [-0.3, -0.25) is 10.1 Å². The Labute approximate surface area is 259 Å². The van der Waals surface area contributed by atoms with Crippen molar-refractivity contribution in [3.63, 3.8) is 0 Å². The molecule has 3 aromatic carbocycles. The molecule has 0 saturated heterocycles. The number of nitrogens with two attached hydrogens (primary N) is 1. The van der Waals surface area contributed by atoms with Gasteiger partial charge in [0.15, 0.2) is 5.52 Å². The highest BCUT2D eigenvalue weighted by Crippen LogP contribution is 2.32. The van der Waals surface area contributed by atoms with Gasteiger partial charge in [-0.05, 0) is 40.6 Å². The van der Waals surface area contributed by atoms with E-state index in [-0.39, 0.29) is 11.2 Å². The fourth-order valence-corrected chi connectivity index (χ4v) is 4.58. The summed E-state index contributed by atoms with van der Waals surface area (Å²) in [5, 5.41) is 25.6. The molecule has 0 bridgehead atoms. The summed E-state index contributed by atoms with van der Waals surface area (Å²) in [6.45, 7) is 3.14. The van der Waals surface area contributed by atoms with Crippen molar-refractivity contribution >= 4 is 66.4 Å². The number of ether oxygens (including phenoxy) is 4. The molecule has 2 heterocycles. The summed E-state index contributed by atoms with van der Waals surface area (Å²) in [4.78, 5) is 19.3. The Morgan fingerprint density at radius 1 is 0.909 bits per heavy atom. The number of nitro groups is 1. The molecule has 2 aromatic heterocycles. The number of nitrogen functional groups attached to an aromatic ring is 1. The lowest BCUT2D eigenvalue weighted by Crippen LogP contribution is -2.15. The summed E-state index contributed by atoms with van der Waals surface area (Å²) in [6.07, 6.45) is 1.49. The minimum Gasteiger partial charge on any atom is -0.489 e. The topological polar surface area (TPSA) is 195 Å². The van der Waals surface area contributed by atoms with E-state index in [0.29, 0.717) is 86.8 Å². The van der Waals surface area contributed by atoms with Crippen LogP contribution in [0.2, 0.25) is 0 Å². The first-order valence-electron chi connectivity index (χ1n) is 13.6. The molecule has 0 spiro atoms. The van der Waals surface area contributed by atoms with Crippen molar-refractivity contribution < 1.29 is 28.5 Å². The Morgan fingerprint density at radius 2 is 1.66 bits per heavy atom. The van der Waals surface area contributed by atoms with Crippen LogP contribution in [-0.4, -0.2) is 78.0 Å². The van der Waals surface area contributed by atoms with Gasteiger partial charge in [0.05, 0.1) is 61.5 Å². The lowest BCUT2D eigenvalue weighted by atomic mass is 10.2. The molecule has 0 fully saturated rings. The van der Waals surface area contributed by atoms with Gasteiger partial charge >= 0.3 is 5.69 Å². The number of nitrogens with zero attached hydrogens (tertiary/aromatic N) is 5. The molecule has 0 atom stereocenters. The minimum atomic E-state index is -0.531. The van der Waals surface area contributed by atoms with Gasteiger partial charge in [-0.1, -0.05) is 22.0 Å². The van der Waals surface area contributed by atoms with E-state index < -0.39 is 4.92 Å². The Hall–Kier alpha value is -4.64. The first-order valence-corrected chi connectivity index (χ1v) is 14.4. The third-order valence-electron chi connectivity index (χ3n) is 6.24. The quantitative estimate of drug-likeness (QED) is 0.0533. The van der Waals surface area contributed by atoms with Crippen LogP contribution in [0.15, 0.2) is 64.0 Å². The molecule has 16 heteroatoms. The van der Waals surface area contributed by atoms with Crippen molar-refractivity contribution in [1.82, 2.24) is 20.3 Å². The lowest BCUT2D eigenvalue weighted by molar-refractivity contribution is -0.383. The number of non-ortho nitro benzene ring substituents is 1. The van der Waals surface area contributed by atoms with Crippen LogP contribution in [0.5, 0.6) is 5.75 Å². The van der Waals surface area contributed by atoms with Crippen molar-refractivity contribution in [2.45, 2.75) is 0 Å². The van der Waals surface area contributed by atoms with Crippen LogP contribution in [0, 0.1) is 10.1 Å². The summed E-state index contributed by atoms with van der Waals surface area (Å²) in [5.74, 6) is 1.16. The average molecular weight is 669 g/mol. The van der Waals surface area contributed by atoms with Gasteiger partial charge in [-0.25, -0.2) is 14.6 Å². The van der Waals surface area contributed by atoms with Gasteiger partial charge in [-0.2, -0.15) is 0 Å². The van der Waals surface area contributed by atoms with E-state index in [1.165, 1.54) is 12.4 Å². The molecule has 0 saturated carbocycles. The van der Waals surface area contributed by atoms with Crippen LogP contribution in [0.25, 0.3) is 21.9 Å². The summed E-state index contributed by atoms with van der Waals surface area (Å²) in [7, 11) is 0. The summed E-state index contributed by atoms with van der Waals surface area (Å²) < 4.78 is 28.1. The van der Waals surface area contributed by atoms with Gasteiger partial charge in [0.2, 0.25) is 5.52 Å². The molecular formula is C28H29BrN8O7. The maximum absolute atomic E-state index is 11.1. The van der Waals surface area contributed by atoms with Gasteiger partial charge < -0.3 is 35.3 Å². The van der Waals surface area contributed by atoms with Gasteiger partial charge in [0.25, 0.3) is 0 Å². The molecule has 0 aliphatic rings. The van der Waals surface area contributed by atoms with Crippen molar-refractivity contribution in [2.24, 2.45) is 0 Å². The summed E-state index contributed by atoms with van der Waals surface area (Å²) >= 11 is 3.47. The highest BCUT2D eigenvalue weighted by Gasteiger charge is 2.19. The smallest absolute Gasteiger partial charge is 0.300 e. The number of benzene rings is 3. The zero-order valence-corrected chi connectivity index (χ0v) is 25.0. The number of hydrogen-bond acceptors (Lipinski definition) is 14. The van der Waals surface area contributed by atoms with Crippen LogP contribution < -0.4 is 21.1 Å². The first kappa shape index (κ1) is 30.8. The molecule has 4 N–H and O–H groups in total. The van der Waals surface area contributed by atoms with Crippen LogP contribution in [0.1, 0.15) is 0 Å². The van der Waals surface area contributed by atoms with Crippen molar-refractivity contribution in [2.75, 3.05) is 69.2 Å². The highest BCUT2D eigenvalue weighted by molar-refractivity contribution is 9.10. The maximum Gasteiger partial charge on any atom is 0.300 e. The highest BCUT2D eigenvalue weighted by atomic mass is 79.9. The second-order valence-electron chi connectivity index (χ2n) is 9.23. The standard InChI is InChI=1S/C28H29BrN8O7/c29-18-2-1-3-19(14-18)34-28-20-15-21(30)25(16-23(20)32-17-33-28)43-13-12-42-11-10-41-9-8-40-7-6-31-22-4-5-24(37(38)39)27-26(22)35-44-36-27/h1-5,14-17,31H,6-13,30H2,(H,32,33,34). The number of rotatable bonds is 17. The predicted octanol–water partition coefficient (Wildman–Crippen LogP) is 4.70. The number of hydrogen-bond donors (Lipinski definition) is 3. The average Bonchev–Trinajstić information content (AvgIpc) is 3.50. The monoisotopic (exact) mass is 668 g/mol. The minimum absolute atomic E-state index is 0.0934. The molecule has 0 unspecified atom stereocenters. The van der Waals surface area contributed by atoms with Gasteiger partial charge in [-0.15, -0.1) is 0 Å². The Bertz CT molecular complexity index is 1720. The van der Waals surface area contributed by atoms with Crippen LogP contribution >= 0.6 is 15.9 Å². The van der Waals surface area contributed by atoms with Gasteiger partial charge in [0, 0.05) is 34.2 Å². The zero-order chi connectivity index (χ0) is 30.7. The molecule has 0 aliphatic heterocycles. The van der Waals surface area contributed by atoms with E-state index in [1.54, 1.807) is 18.2 Å². The maximum atomic E-state index is 11.1. The normalized spacial score (nSPS) is 11.2. The van der Waals surface area contributed by atoms with E-state index in [9.17, 15) is 10.1 Å². The van der Waals surface area contributed by atoms with E-state index in [2.05, 4.69) is 51.5 Å². The van der Waals surface area contributed by atoms with Crippen LogP contribution in [0.3, 0.4) is 0 Å². The molecule has 0 aliphatic carbocycles. The van der Waals surface area contributed by atoms with Gasteiger partial charge in [0.1, 0.15) is 24.5 Å². The number of aromatic nitrogens is 4. The second kappa shape index (κ2) is 15.2.